The van der Waals surface area contributed by atoms with Crippen LogP contribution in [0.1, 0.15) is 0 Å². The normalized spacial score (nSPS) is 11.8. The molecule has 0 atom stereocenters. The smallest absolute Gasteiger partial charge is 0.143 e. The Hall–Kier alpha value is -3.40. The summed E-state index contributed by atoms with van der Waals surface area (Å²) >= 11 is 5.39. The Bertz CT molecular complexity index is 1820. The third-order valence-corrected chi connectivity index (χ3v) is 8.12. The van der Waals surface area contributed by atoms with E-state index in [0.717, 1.165) is 43.1 Å². The molecule has 0 radical (unpaired) electrons. The molecule has 0 aliphatic rings. The van der Waals surface area contributed by atoms with Crippen LogP contribution in [-0.4, -0.2) is 0 Å². The quantitative estimate of drug-likeness (QED) is 0.228. The molecule has 0 aliphatic heterocycles. The number of halogens is 1. The van der Waals surface area contributed by atoms with E-state index in [1.54, 1.807) is 0 Å². The number of fused-ring (bicyclic) bond motifs is 6. The number of rotatable bonds is 2. The highest BCUT2D eigenvalue weighted by atomic mass is 79.9. The molecule has 156 valence electrons. The first-order chi connectivity index (χ1) is 16.3. The molecule has 0 unspecified atom stereocenters. The second-order valence-corrected chi connectivity index (χ2v) is 10.2. The maximum Gasteiger partial charge on any atom is 0.143 e. The van der Waals surface area contributed by atoms with E-state index in [2.05, 4.69) is 119 Å². The summed E-state index contributed by atoms with van der Waals surface area (Å²) < 4.78 is 10.4. The molecule has 0 aliphatic carbocycles. The van der Waals surface area contributed by atoms with E-state index in [1.807, 2.05) is 11.3 Å². The Morgan fingerprint density at radius 2 is 1.12 bits per heavy atom. The lowest BCUT2D eigenvalue weighted by molar-refractivity contribution is 0.671. The number of para-hydroxylation sites is 2. The zero-order valence-electron chi connectivity index (χ0n) is 17.5. The van der Waals surface area contributed by atoms with E-state index >= 15 is 0 Å². The molecule has 1 nitrogen and oxygen atoms in total. The van der Waals surface area contributed by atoms with Crippen LogP contribution in [0.2, 0.25) is 0 Å². The lowest BCUT2D eigenvalue weighted by Gasteiger charge is -2.04. The van der Waals surface area contributed by atoms with Gasteiger partial charge in [0, 0.05) is 52.1 Å². The van der Waals surface area contributed by atoms with Crippen molar-refractivity contribution in [2.75, 3.05) is 0 Å². The minimum absolute atomic E-state index is 0.936. The van der Waals surface area contributed by atoms with Crippen molar-refractivity contribution in [1.82, 2.24) is 0 Å². The Morgan fingerprint density at radius 1 is 0.515 bits per heavy atom. The van der Waals surface area contributed by atoms with E-state index < -0.39 is 0 Å². The van der Waals surface area contributed by atoms with Gasteiger partial charge in [-0.05, 0) is 23.8 Å². The fourth-order valence-corrected chi connectivity index (χ4v) is 6.34. The maximum absolute atomic E-state index is 6.67. The third kappa shape index (κ3) is 2.90. The van der Waals surface area contributed by atoms with E-state index in [0.29, 0.717) is 0 Å². The van der Waals surface area contributed by atoms with Crippen LogP contribution in [0.5, 0.6) is 0 Å². The van der Waals surface area contributed by atoms with Gasteiger partial charge in [-0.2, -0.15) is 0 Å². The molecule has 0 saturated carbocycles. The number of furan rings is 1. The van der Waals surface area contributed by atoms with Crippen molar-refractivity contribution in [3.8, 4) is 22.3 Å². The zero-order chi connectivity index (χ0) is 21.9. The lowest BCUT2D eigenvalue weighted by Crippen LogP contribution is -1.79. The Morgan fingerprint density at radius 3 is 1.91 bits per heavy atom. The van der Waals surface area contributed by atoms with Gasteiger partial charge in [-0.1, -0.05) is 101 Å². The molecule has 0 spiro atoms. The summed E-state index contributed by atoms with van der Waals surface area (Å²) in [6, 6.07) is 36.6. The minimum Gasteiger partial charge on any atom is -0.455 e. The van der Waals surface area contributed by atoms with Gasteiger partial charge in [-0.15, -0.1) is 11.3 Å². The highest BCUT2D eigenvalue weighted by Gasteiger charge is 2.17. The number of hydrogen-bond acceptors (Lipinski definition) is 2. The van der Waals surface area contributed by atoms with Gasteiger partial charge >= 0.3 is 0 Å². The third-order valence-electron chi connectivity index (χ3n) is 6.37. The summed E-state index contributed by atoms with van der Waals surface area (Å²) in [5.41, 5.74) is 6.51. The van der Waals surface area contributed by atoms with Crippen molar-refractivity contribution in [1.29, 1.82) is 0 Å². The molecule has 7 aromatic rings. The molecule has 0 amide bonds. The summed E-state index contributed by atoms with van der Waals surface area (Å²) in [5.74, 6) is 0. The molecule has 33 heavy (non-hydrogen) atoms. The van der Waals surface area contributed by atoms with Gasteiger partial charge in [0.05, 0.1) is 0 Å². The number of benzene rings is 5. The highest BCUT2D eigenvalue weighted by Crippen LogP contribution is 2.44. The predicted molar refractivity (Wildman–Crippen MR) is 145 cm³/mol. The SMILES string of the molecule is Brc1ccc(-c2cccc3c2oc2c(-c4cccc5c4sc4ccccc45)cccc23)cc1. The van der Waals surface area contributed by atoms with Gasteiger partial charge in [0.25, 0.3) is 0 Å². The van der Waals surface area contributed by atoms with Gasteiger partial charge in [-0.3, -0.25) is 0 Å². The molecular weight excluding hydrogens is 488 g/mol. The van der Waals surface area contributed by atoms with E-state index in [9.17, 15) is 0 Å². The van der Waals surface area contributed by atoms with Crippen LogP contribution in [0.4, 0.5) is 0 Å². The van der Waals surface area contributed by atoms with Crippen LogP contribution >= 0.6 is 27.3 Å². The first kappa shape index (κ1) is 19.1. The fraction of sp³-hybridized carbons (Fsp3) is 0. The standard InChI is InChI=1S/C30H17BrOS/c31-19-16-14-18(15-17-19)20-7-3-8-22-23-9-4-10-24(29(23)32-28(20)22)26-12-5-11-25-21-6-1-2-13-27(21)33-30(25)26/h1-17H. The topological polar surface area (TPSA) is 13.1 Å². The largest absolute Gasteiger partial charge is 0.455 e. The molecular formula is C30H17BrOS. The summed E-state index contributed by atoms with van der Waals surface area (Å²) in [5, 5.41) is 4.92. The first-order valence-corrected chi connectivity index (χ1v) is 12.5. The van der Waals surface area contributed by atoms with Crippen molar-refractivity contribution in [2.45, 2.75) is 0 Å². The van der Waals surface area contributed by atoms with E-state index in [1.165, 1.54) is 25.7 Å². The summed E-state index contributed by atoms with van der Waals surface area (Å²) in [6.07, 6.45) is 0. The molecule has 3 heteroatoms. The van der Waals surface area contributed by atoms with Crippen LogP contribution in [0.15, 0.2) is 112 Å². The minimum atomic E-state index is 0.936. The summed E-state index contributed by atoms with van der Waals surface area (Å²) in [6.45, 7) is 0. The first-order valence-electron chi connectivity index (χ1n) is 10.9. The van der Waals surface area contributed by atoms with Crippen molar-refractivity contribution >= 4 is 69.4 Å². The molecule has 0 bridgehead atoms. The summed E-state index contributed by atoms with van der Waals surface area (Å²) in [7, 11) is 0. The lowest BCUT2D eigenvalue weighted by atomic mass is 9.99. The van der Waals surface area contributed by atoms with Gasteiger partial charge in [-0.25, -0.2) is 0 Å². The van der Waals surface area contributed by atoms with Gasteiger partial charge in [0.1, 0.15) is 11.2 Å². The molecule has 2 heterocycles. The molecule has 0 fully saturated rings. The van der Waals surface area contributed by atoms with Crippen molar-refractivity contribution in [3.05, 3.63) is 108 Å². The predicted octanol–water partition coefficient (Wildman–Crippen LogP) is 10.1. The second-order valence-electron chi connectivity index (χ2n) is 8.25. The maximum atomic E-state index is 6.67. The van der Waals surface area contributed by atoms with Gasteiger partial charge < -0.3 is 4.42 Å². The molecule has 0 saturated heterocycles. The average Bonchev–Trinajstić information content (AvgIpc) is 3.43. The molecule has 7 rings (SSSR count). The van der Waals surface area contributed by atoms with Crippen molar-refractivity contribution < 1.29 is 4.42 Å². The van der Waals surface area contributed by atoms with Crippen LogP contribution in [-0.2, 0) is 0 Å². The zero-order valence-corrected chi connectivity index (χ0v) is 19.9. The van der Waals surface area contributed by atoms with E-state index in [4.69, 9.17) is 4.42 Å². The molecule has 5 aromatic carbocycles. The van der Waals surface area contributed by atoms with Crippen LogP contribution in [0.3, 0.4) is 0 Å². The summed E-state index contributed by atoms with van der Waals surface area (Å²) in [4.78, 5) is 0. The Balaban J connectivity index is 1.54. The molecule has 0 N–H and O–H groups in total. The van der Waals surface area contributed by atoms with Gasteiger partial charge in [0.15, 0.2) is 0 Å². The highest BCUT2D eigenvalue weighted by molar-refractivity contribution is 9.10. The number of hydrogen-bond donors (Lipinski definition) is 0. The average molecular weight is 505 g/mol. The fourth-order valence-electron chi connectivity index (χ4n) is 4.85. The Labute approximate surface area is 203 Å². The van der Waals surface area contributed by atoms with Crippen LogP contribution in [0.25, 0.3) is 64.4 Å². The van der Waals surface area contributed by atoms with Crippen LogP contribution < -0.4 is 0 Å². The molecule has 2 aromatic heterocycles. The number of thiophene rings is 1. The van der Waals surface area contributed by atoms with Crippen LogP contribution in [0, 0.1) is 0 Å². The Kier molecular flexibility index (Phi) is 4.23. The van der Waals surface area contributed by atoms with Crippen molar-refractivity contribution in [3.63, 3.8) is 0 Å². The van der Waals surface area contributed by atoms with Gasteiger partial charge in [0.2, 0.25) is 0 Å². The van der Waals surface area contributed by atoms with Crippen molar-refractivity contribution in [2.24, 2.45) is 0 Å². The van der Waals surface area contributed by atoms with E-state index in [-0.39, 0.29) is 0 Å². The monoisotopic (exact) mass is 504 g/mol. The second kappa shape index (κ2) is 7.31.